The van der Waals surface area contributed by atoms with Gasteiger partial charge in [-0.05, 0) is 93.7 Å². The van der Waals surface area contributed by atoms with E-state index in [0.717, 1.165) is 0 Å². The molecule has 0 spiro atoms. The molecule has 1 nitrogen and oxygen atoms in total. The average Bonchev–Trinajstić information content (AvgIpc) is 2.44. The lowest BCUT2D eigenvalue weighted by atomic mass is 9.69. The number of allylic oxidation sites excluding steroid dienone is 6. The summed E-state index contributed by atoms with van der Waals surface area (Å²) in [5, 5.41) is 3.66. The van der Waals surface area contributed by atoms with Crippen molar-refractivity contribution in [3.63, 3.8) is 0 Å². The van der Waals surface area contributed by atoms with Crippen LogP contribution in [0.15, 0.2) is 44.7 Å². The predicted molar refractivity (Wildman–Crippen MR) is 93.1 cm³/mol. The largest absolute Gasteiger partial charge is 0.382 e. The van der Waals surface area contributed by atoms with Gasteiger partial charge in [0.15, 0.2) is 0 Å². The fraction of sp³-hybridized carbons (Fsp3) is 0.600. The van der Waals surface area contributed by atoms with Crippen LogP contribution < -0.4 is 5.32 Å². The van der Waals surface area contributed by atoms with Crippen molar-refractivity contribution in [1.29, 1.82) is 0 Å². The molecule has 2 aliphatic rings. The van der Waals surface area contributed by atoms with Gasteiger partial charge in [-0.15, -0.1) is 0 Å². The molecule has 1 N–H and O–H groups in total. The zero-order valence-corrected chi connectivity index (χ0v) is 15.2. The first-order chi connectivity index (χ1) is 9.68. The lowest BCUT2D eigenvalue weighted by molar-refractivity contribution is 0.479. The van der Waals surface area contributed by atoms with Gasteiger partial charge in [0.05, 0.1) is 0 Å². The Bertz CT molecular complexity index is 595. The smallest absolute Gasteiger partial charge is 0.0488 e. The third kappa shape index (κ3) is 2.41. The Morgan fingerprint density at radius 2 is 1.14 bits per heavy atom. The van der Waals surface area contributed by atoms with Crippen LogP contribution in [-0.2, 0) is 0 Å². The summed E-state index contributed by atoms with van der Waals surface area (Å²) in [4.78, 5) is 0. The van der Waals surface area contributed by atoms with Gasteiger partial charge in [0.1, 0.15) is 0 Å². The summed E-state index contributed by atoms with van der Waals surface area (Å²) in [5.41, 5.74) is 11.9. The minimum atomic E-state index is 0.402. The quantitative estimate of drug-likeness (QED) is 0.668. The van der Waals surface area contributed by atoms with E-state index in [2.05, 4.69) is 67.6 Å². The van der Waals surface area contributed by atoms with Crippen molar-refractivity contribution in [2.75, 3.05) is 0 Å². The molecule has 0 aromatic heterocycles. The Balaban J connectivity index is 2.70. The van der Waals surface area contributed by atoms with E-state index in [1.54, 1.807) is 11.1 Å². The molecule has 0 saturated carbocycles. The first-order valence-corrected chi connectivity index (χ1v) is 8.22. The number of hydrogen-bond donors (Lipinski definition) is 1. The maximum Gasteiger partial charge on any atom is 0.0488 e. The summed E-state index contributed by atoms with van der Waals surface area (Å²) in [6, 6.07) is 0.402. The van der Waals surface area contributed by atoms with E-state index in [4.69, 9.17) is 0 Å². The molecular weight excluding hydrogens is 254 g/mol. The highest BCUT2D eigenvalue weighted by Gasteiger charge is 2.32. The topological polar surface area (TPSA) is 12.0 Å². The van der Waals surface area contributed by atoms with Crippen molar-refractivity contribution in [3.05, 3.63) is 44.7 Å². The standard InChI is InChI=1S/C20H31N/c1-10-11(2)14(5)19(15(6)12(10)3)20-16(7)13(4)17(8)21-18(20)9/h11,14,18,21H,1-9H3. The van der Waals surface area contributed by atoms with Crippen molar-refractivity contribution in [2.45, 2.75) is 68.4 Å². The van der Waals surface area contributed by atoms with Crippen molar-refractivity contribution in [2.24, 2.45) is 11.8 Å². The van der Waals surface area contributed by atoms with Crippen LogP contribution >= 0.6 is 0 Å². The molecule has 21 heavy (non-hydrogen) atoms. The fourth-order valence-electron chi connectivity index (χ4n) is 4.00. The van der Waals surface area contributed by atoms with Crippen LogP contribution in [0.4, 0.5) is 0 Å². The van der Waals surface area contributed by atoms with Crippen LogP contribution in [0, 0.1) is 11.8 Å². The Labute approximate surface area is 130 Å². The van der Waals surface area contributed by atoms with Crippen LogP contribution in [0.2, 0.25) is 0 Å². The van der Waals surface area contributed by atoms with Gasteiger partial charge in [-0.1, -0.05) is 19.4 Å². The van der Waals surface area contributed by atoms with E-state index in [1.165, 1.54) is 33.6 Å². The van der Waals surface area contributed by atoms with E-state index in [9.17, 15) is 0 Å². The minimum Gasteiger partial charge on any atom is -0.382 e. The first-order valence-electron chi connectivity index (χ1n) is 8.22. The number of rotatable bonds is 1. The van der Waals surface area contributed by atoms with Crippen molar-refractivity contribution in [3.8, 4) is 0 Å². The molecule has 116 valence electrons. The second kappa shape index (κ2) is 5.51. The highest BCUT2D eigenvalue weighted by Crippen LogP contribution is 2.44. The summed E-state index contributed by atoms with van der Waals surface area (Å²) in [5.74, 6) is 1.22. The zero-order chi connectivity index (χ0) is 16.1. The highest BCUT2D eigenvalue weighted by molar-refractivity contribution is 5.57. The number of nitrogens with one attached hydrogen (secondary N) is 1. The fourth-order valence-corrected chi connectivity index (χ4v) is 4.00. The van der Waals surface area contributed by atoms with E-state index < -0.39 is 0 Å². The SMILES string of the molecule is CC1=C(C)C(C)=C(C2=C(C)C(C)=C(C)C(C)C2C)C(C)N1. The minimum absolute atomic E-state index is 0.402. The first kappa shape index (κ1) is 16.1. The van der Waals surface area contributed by atoms with Crippen molar-refractivity contribution < 1.29 is 0 Å². The molecular formula is C20H31N. The van der Waals surface area contributed by atoms with Crippen LogP contribution in [-0.4, -0.2) is 6.04 Å². The molecule has 1 aliphatic heterocycles. The van der Waals surface area contributed by atoms with Crippen LogP contribution in [0.25, 0.3) is 0 Å². The maximum atomic E-state index is 3.66. The molecule has 0 saturated heterocycles. The second-order valence-corrected chi connectivity index (χ2v) is 7.08. The van der Waals surface area contributed by atoms with Gasteiger partial charge in [-0.25, -0.2) is 0 Å². The molecule has 1 heterocycles. The third-order valence-electron chi connectivity index (χ3n) is 6.13. The van der Waals surface area contributed by atoms with Crippen molar-refractivity contribution in [1.82, 2.24) is 5.32 Å². The molecule has 1 aliphatic carbocycles. The Hall–Kier alpha value is -1.24. The van der Waals surface area contributed by atoms with Gasteiger partial charge in [-0.2, -0.15) is 0 Å². The molecule has 2 rings (SSSR count). The monoisotopic (exact) mass is 285 g/mol. The summed E-state index contributed by atoms with van der Waals surface area (Å²) < 4.78 is 0. The lowest BCUT2D eigenvalue weighted by Crippen LogP contribution is -2.35. The summed E-state index contributed by atoms with van der Waals surface area (Å²) >= 11 is 0. The zero-order valence-electron chi connectivity index (χ0n) is 15.2. The van der Waals surface area contributed by atoms with E-state index in [0.29, 0.717) is 17.9 Å². The van der Waals surface area contributed by atoms with E-state index in [-0.39, 0.29) is 0 Å². The van der Waals surface area contributed by atoms with Gasteiger partial charge in [0.25, 0.3) is 0 Å². The molecule has 0 bridgehead atoms. The number of hydrogen-bond acceptors (Lipinski definition) is 1. The molecule has 0 radical (unpaired) electrons. The Morgan fingerprint density at radius 1 is 0.619 bits per heavy atom. The van der Waals surface area contributed by atoms with Gasteiger partial charge in [-0.3, -0.25) is 0 Å². The molecule has 0 amide bonds. The van der Waals surface area contributed by atoms with Gasteiger partial charge < -0.3 is 5.32 Å². The average molecular weight is 285 g/mol. The third-order valence-corrected chi connectivity index (χ3v) is 6.13. The maximum absolute atomic E-state index is 3.66. The van der Waals surface area contributed by atoms with Crippen molar-refractivity contribution >= 4 is 0 Å². The van der Waals surface area contributed by atoms with Gasteiger partial charge in [0, 0.05) is 11.7 Å². The number of dihydropyridines is 1. The molecule has 0 aromatic carbocycles. The van der Waals surface area contributed by atoms with Crippen LogP contribution in [0.3, 0.4) is 0 Å². The summed E-state index contributed by atoms with van der Waals surface area (Å²) in [7, 11) is 0. The molecule has 3 atom stereocenters. The van der Waals surface area contributed by atoms with E-state index >= 15 is 0 Å². The van der Waals surface area contributed by atoms with Gasteiger partial charge in [0.2, 0.25) is 0 Å². The summed E-state index contributed by atoms with van der Waals surface area (Å²) in [6.45, 7) is 20.7. The molecule has 0 fully saturated rings. The van der Waals surface area contributed by atoms with Gasteiger partial charge >= 0.3 is 0 Å². The lowest BCUT2D eigenvalue weighted by Gasteiger charge is -2.39. The molecule has 1 heteroatoms. The second-order valence-electron chi connectivity index (χ2n) is 7.08. The Kier molecular flexibility index (Phi) is 4.24. The van der Waals surface area contributed by atoms with E-state index in [1.807, 2.05) is 0 Å². The summed E-state index contributed by atoms with van der Waals surface area (Å²) in [6.07, 6.45) is 0. The highest BCUT2D eigenvalue weighted by atomic mass is 14.9. The molecule has 3 unspecified atom stereocenters. The predicted octanol–water partition coefficient (Wildman–Crippen LogP) is 5.53. The normalized spacial score (nSPS) is 31.2. The molecule has 0 aromatic rings. The van der Waals surface area contributed by atoms with Crippen LogP contribution in [0.5, 0.6) is 0 Å². The van der Waals surface area contributed by atoms with Crippen LogP contribution in [0.1, 0.15) is 62.3 Å². The Morgan fingerprint density at radius 3 is 1.71 bits per heavy atom.